The summed E-state index contributed by atoms with van der Waals surface area (Å²) in [7, 11) is 7.58. The van der Waals surface area contributed by atoms with Crippen molar-refractivity contribution in [3.05, 3.63) is 353 Å². The summed E-state index contributed by atoms with van der Waals surface area (Å²) in [6.45, 7) is 15.8. The Hall–Kier alpha value is -9.16. The quantitative estimate of drug-likeness (QED) is 0.0417. The lowest BCUT2D eigenvalue weighted by molar-refractivity contribution is -0.111. The van der Waals surface area contributed by atoms with Gasteiger partial charge in [-0.15, -0.1) is 37.2 Å². The summed E-state index contributed by atoms with van der Waals surface area (Å²) in [5, 5.41) is 0. The van der Waals surface area contributed by atoms with Gasteiger partial charge in [0.25, 0.3) is 0 Å². The number of likely N-dealkylation sites (N-methyl/N-ethyl adjacent to an activating group) is 3. The molecule has 0 spiro atoms. The molecule has 0 unspecified atom stereocenters. The Kier molecular flexibility index (Phi) is 31.9. The number of methoxy groups -OCH3 is 1. The predicted octanol–water partition coefficient (Wildman–Crippen LogP) is 18.0. The number of rotatable bonds is 25. The van der Waals surface area contributed by atoms with E-state index in [1.165, 1.54) is 41.0 Å². The van der Waals surface area contributed by atoms with Crippen LogP contribution in [0, 0.1) is 11.6 Å². The molecule has 91 heavy (non-hydrogen) atoms. The Balaban J connectivity index is 0.000000287. The molecule has 0 atom stereocenters. The van der Waals surface area contributed by atoms with Crippen molar-refractivity contribution in [2.45, 2.75) is 19.6 Å². The summed E-state index contributed by atoms with van der Waals surface area (Å²) in [6, 6.07) is 79.0. The van der Waals surface area contributed by atoms with E-state index in [4.69, 9.17) is 4.74 Å². The van der Waals surface area contributed by atoms with E-state index in [0.29, 0.717) is 53.1 Å². The monoisotopic (exact) mass is 1280 g/mol. The first-order chi connectivity index (χ1) is 42.6. The van der Waals surface area contributed by atoms with Crippen LogP contribution < -0.4 is 4.74 Å². The first-order valence-electron chi connectivity index (χ1n) is 28.9. The number of hydrogen-bond donors (Lipinski definition) is 0. The molecule has 7 nitrogen and oxygen atoms in total. The number of hydrogen-bond acceptors (Lipinski definition) is 7. The zero-order valence-corrected chi connectivity index (χ0v) is 54.2. The molecule has 9 aromatic rings. The Morgan fingerprint density at radius 2 is 0.571 bits per heavy atom. The van der Waals surface area contributed by atoms with Crippen molar-refractivity contribution < 1.29 is 27.9 Å². The lowest BCUT2D eigenvalue weighted by atomic mass is 9.95. The third-order valence-electron chi connectivity index (χ3n) is 14.0. The van der Waals surface area contributed by atoms with Gasteiger partial charge in [0, 0.05) is 72.7 Å². The molecule has 0 radical (unpaired) electrons. The maximum Gasteiger partial charge on any atom is 0.190 e. The van der Waals surface area contributed by atoms with Crippen LogP contribution in [0.1, 0.15) is 50.1 Å². The van der Waals surface area contributed by atoms with Crippen LogP contribution in [-0.4, -0.2) is 79.9 Å². The third kappa shape index (κ3) is 24.6. The maximum absolute atomic E-state index is 13.3. The second-order valence-electron chi connectivity index (χ2n) is 21.4. The Morgan fingerprint density at radius 3 is 0.802 bits per heavy atom. The van der Waals surface area contributed by atoms with Crippen molar-refractivity contribution in [3.63, 3.8) is 0 Å². The molecule has 0 aromatic heterocycles. The predicted molar refractivity (Wildman–Crippen MR) is 381 cm³/mol. The SMILES string of the molecule is C=C(CN(C)Cc1ccccc1)C(=O)/C(=C/c1ccc(F)cc1)c1ccccc1.C=C(CN(C)Cc1ccccc1)C(=O)/C(=C\c1ccc(F)cc1)c1ccccc1.C=C(CN(C)Cc1ccccc1)C(=O)/C(=C\c1ccc(OC)cc1)c1ccccc1.Cl.Cl.Cl. The van der Waals surface area contributed by atoms with Crippen molar-refractivity contribution in [2.24, 2.45) is 0 Å². The largest absolute Gasteiger partial charge is 0.497 e. The van der Waals surface area contributed by atoms with Crippen LogP contribution in [0.4, 0.5) is 8.78 Å². The fraction of sp³-hybridized carbons (Fsp3) is 0.127. The number of carbonyl (C=O) groups is 3. The van der Waals surface area contributed by atoms with Gasteiger partial charge in [0.05, 0.1) is 7.11 Å². The fourth-order valence-corrected chi connectivity index (χ4v) is 9.63. The standard InChI is InChI=1S/C27H27NO2.2C26H24FNO.3ClH/c1-21(19-28(2)20-23-10-6-4-7-11-23)27(29)26(24-12-8-5-9-13-24)18-22-14-16-25(30-3)17-15-22;2*1-20(18-28(2)19-22-9-5-3-6-10-22)26(29)25(23-11-7-4-8-12-23)17-21-13-15-24(27)16-14-21;;;/h4-18H,1,19-20H2,2-3H3;2*3-17H,1,18-19H2,2H3;3*1H/b26-18-;25-17+;25-17-;;;. The van der Waals surface area contributed by atoms with Gasteiger partial charge in [-0.25, -0.2) is 8.78 Å². The van der Waals surface area contributed by atoms with Gasteiger partial charge in [-0.1, -0.05) is 238 Å². The van der Waals surface area contributed by atoms with E-state index >= 15 is 0 Å². The minimum Gasteiger partial charge on any atom is -0.497 e. The maximum atomic E-state index is 13.3. The van der Waals surface area contributed by atoms with E-state index in [1.54, 1.807) is 43.5 Å². The van der Waals surface area contributed by atoms with E-state index in [2.05, 4.69) is 70.8 Å². The molecular weight excluding hydrogens is 1200 g/mol. The zero-order valence-electron chi connectivity index (χ0n) is 51.8. The molecule has 12 heteroatoms. The van der Waals surface area contributed by atoms with Crippen LogP contribution in [-0.2, 0) is 34.0 Å². The Bertz CT molecular complexity index is 3650. The number of ether oxygens (including phenoxy) is 1. The number of ketones is 3. The summed E-state index contributed by atoms with van der Waals surface area (Å²) in [5.41, 5.74) is 11.9. The summed E-state index contributed by atoms with van der Waals surface area (Å²) >= 11 is 0. The Labute approximate surface area is 555 Å². The number of allylic oxidation sites excluding steroid dienone is 3. The van der Waals surface area contributed by atoms with Gasteiger partial charge < -0.3 is 4.74 Å². The highest BCUT2D eigenvalue weighted by Gasteiger charge is 2.20. The average molecular weight is 1280 g/mol. The summed E-state index contributed by atoms with van der Waals surface area (Å²) in [5.74, 6) is -0.0899. The molecule has 0 amide bonds. The molecule has 9 rings (SSSR count). The minimum absolute atomic E-state index is 0. The van der Waals surface area contributed by atoms with Crippen LogP contribution in [0.5, 0.6) is 5.75 Å². The van der Waals surface area contributed by atoms with Gasteiger partial charge in [0.15, 0.2) is 17.3 Å². The van der Waals surface area contributed by atoms with Crippen LogP contribution in [0.15, 0.2) is 291 Å². The van der Waals surface area contributed by atoms with E-state index in [1.807, 2.05) is 197 Å². The van der Waals surface area contributed by atoms with Crippen LogP contribution in [0.25, 0.3) is 34.9 Å². The van der Waals surface area contributed by atoms with Gasteiger partial charge in [-0.2, -0.15) is 0 Å². The molecule has 468 valence electrons. The van der Waals surface area contributed by atoms with Crippen LogP contribution in [0.3, 0.4) is 0 Å². The normalized spacial score (nSPS) is 11.1. The van der Waals surface area contributed by atoms with E-state index in [0.717, 1.165) is 58.8 Å². The molecule has 0 N–H and O–H groups in total. The van der Waals surface area contributed by atoms with Crippen LogP contribution in [0.2, 0.25) is 0 Å². The molecule has 0 fully saturated rings. The first-order valence-corrected chi connectivity index (χ1v) is 28.9. The van der Waals surface area contributed by atoms with Crippen molar-refractivity contribution in [1.82, 2.24) is 14.7 Å². The highest BCUT2D eigenvalue weighted by atomic mass is 35.5. The van der Waals surface area contributed by atoms with Crippen molar-refractivity contribution in [1.29, 1.82) is 0 Å². The average Bonchev–Trinajstić information content (AvgIpc) is 2.56. The number of carbonyl (C=O) groups excluding carboxylic acids is 3. The van der Waals surface area contributed by atoms with Crippen molar-refractivity contribution in [3.8, 4) is 5.75 Å². The Morgan fingerprint density at radius 1 is 0.352 bits per heavy atom. The highest BCUT2D eigenvalue weighted by molar-refractivity contribution is 6.33. The topological polar surface area (TPSA) is 70.2 Å². The van der Waals surface area contributed by atoms with Gasteiger partial charge in [-0.05, 0) is 126 Å². The molecular formula is C79H78Cl3F2N3O4. The number of Topliss-reactive ketones (excluding diaryl/α,β-unsaturated/α-hetero) is 3. The second-order valence-corrected chi connectivity index (χ2v) is 21.4. The minimum atomic E-state index is -0.304. The summed E-state index contributed by atoms with van der Waals surface area (Å²) in [6.07, 6.45) is 5.50. The molecule has 0 aliphatic rings. The van der Waals surface area contributed by atoms with Crippen LogP contribution >= 0.6 is 37.2 Å². The zero-order chi connectivity index (χ0) is 62.6. The summed E-state index contributed by atoms with van der Waals surface area (Å²) in [4.78, 5) is 46.0. The lowest BCUT2D eigenvalue weighted by Gasteiger charge is -2.18. The van der Waals surface area contributed by atoms with Gasteiger partial charge >= 0.3 is 0 Å². The number of benzene rings is 9. The van der Waals surface area contributed by atoms with E-state index < -0.39 is 0 Å². The molecule has 0 heterocycles. The fourth-order valence-electron chi connectivity index (χ4n) is 9.63. The molecule has 0 saturated heterocycles. The molecule has 0 aliphatic heterocycles. The van der Waals surface area contributed by atoms with Gasteiger partial charge in [0.1, 0.15) is 17.4 Å². The number of halogens is 5. The highest BCUT2D eigenvalue weighted by Crippen LogP contribution is 2.27. The van der Waals surface area contributed by atoms with E-state index in [9.17, 15) is 23.2 Å². The van der Waals surface area contributed by atoms with Crippen molar-refractivity contribution in [2.75, 3.05) is 47.9 Å². The van der Waals surface area contributed by atoms with Gasteiger partial charge in [-0.3, -0.25) is 29.1 Å². The molecule has 0 bridgehead atoms. The molecule has 0 aliphatic carbocycles. The molecule has 9 aromatic carbocycles. The second kappa shape index (κ2) is 39.1. The summed E-state index contributed by atoms with van der Waals surface area (Å²) < 4.78 is 31.7. The number of nitrogens with zero attached hydrogens (tertiary/aromatic N) is 3. The van der Waals surface area contributed by atoms with Crippen molar-refractivity contribution >= 4 is 89.5 Å². The van der Waals surface area contributed by atoms with E-state index in [-0.39, 0.29) is 66.2 Å². The molecule has 0 saturated carbocycles. The smallest absolute Gasteiger partial charge is 0.190 e. The first kappa shape index (κ1) is 74.3. The van der Waals surface area contributed by atoms with Gasteiger partial charge in [0.2, 0.25) is 0 Å². The third-order valence-corrected chi connectivity index (χ3v) is 14.0. The lowest BCUT2D eigenvalue weighted by Crippen LogP contribution is -2.23.